The van der Waals surface area contributed by atoms with E-state index in [0.29, 0.717) is 5.56 Å². The topological polar surface area (TPSA) is 61.5 Å². The van der Waals surface area contributed by atoms with Crippen molar-refractivity contribution in [2.45, 2.75) is 6.61 Å². The van der Waals surface area contributed by atoms with Crippen LogP contribution in [0.3, 0.4) is 0 Å². The molecule has 0 atom stereocenters. The first-order chi connectivity index (χ1) is 8.97. The van der Waals surface area contributed by atoms with Crippen LogP contribution in [0.5, 0.6) is 5.75 Å². The third-order valence-corrected chi connectivity index (χ3v) is 2.48. The Bertz CT molecular complexity index is 492. The van der Waals surface area contributed by atoms with E-state index >= 15 is 0 Å². The van der Waals surface area contributed by atoms with Crippen LogP contribution >= 0.6 is 11.6 Å². The molecule has 0 saturated heterocycles. The number of benzene rings is 1. The van der Waals surface area contributed by atoms with E-state index < -0.39 is 12.6 Å². The summed E-state index contributed by atoms with van der Waals surface area (Å²) in [6, 6.07) is 4.14. The predicted octanol–water partition coefficient (Wildman–Crippen LogP) is 2.46. The first-order valence-electron chi connectivity index (χ1n) is 5.21. The highest BCUT2D eigenvalue weighted by atomic mass is 35.5. The maximum atomic E-state index is 12.0. The van der Waals surface area contributed by atoms with Gasteiger partial charge in [-0.2, -0.15) is 8.78 Å². The van der Waals surface area contributed by atoms with Gasteiger partial charge in [0, 0.05) is 6.54 Å². The Morgan fingerprint density at radius 1 is 1.53 bits per heavy atom. The van der Waals surface area contributed by atoms with E-state index in [1.807, 2.05) is 0 Å². The molecule has 0 aliphatic carbocycles. The number of carbonyl (C=O) groups is 1. The Labute approximate surface area is 113 Å². The second kappa shape index (κ2) is 7.06. The van der Waals surface area contributed by atoms with Crippen LogP contribution in [-0.4, -0.2) is 26.2 Å². The molecule has 0 amide bonds. The number of ether oxygens (including phenoxy) is 2. The summed E-state index contributed by atoms with van der Waals surface area (Å²) in [6.07, 6.45) is 1.46. The van der Waals surface area contributed by atoms with Crippen LogP contribution in [0, 0.1) is 0 Å². The van der Waals surface area contributed by atoms with Crippen molar-refractivity contribution >= 4 is 23.6 Å². The minimum absolute atomic E-state index is 0.00953. The van der Waals surface area contributed by atoms with Gasteiger partial charge in [-0.3, -0.25) is 0 Å². The van der Waals surface area contributed by atoms with E-state index in [1.54, 1.807) is 0 Å². The zero-order valence-electron chi connectivity index (χ0n) is 10.0. The maximum absolute atomic E-state index is 12.0. The van der Waals surface area contributed by atoms with E-state index in [9.17, 15) is 13.6 Å². The number of carbonyl (C=O) groups excluding carboxylic acids is 1. The van der Waals surface area contributed by atoms with Gasteiger partial charge in [-0.1, -0.05) is 17.7 Å². The lowest BCUT2D eigenvalue weighted by Gasteiger charge is -2.07. The van der Waals surface area contributed by atoms with Gasteiger partial charge >= 0.3 is 12.6 Å². The summed E-state index contributed by atoms with van der Waals surface area (Å²) in [5.41, 5.74) is 6.17. The zero-order valence-corrected chi connectivity index (χ0v) is 10.8. The van der Waals surface area contributed by atoms with Crippen molar-refractivity contribution in [3.63, 3.8) is 0 Å². The Balaban J connectivity index is 3.00. The summed E-state index contributed by atoms with van der Waals surface area (Å²) in [6.45, 7) is -2.96. The highest BCUT2D eigenvalue weighted by Crippen LogP contribution is 2.27. The molecule has 1 aromatic rings. The monoisotopic (exact) mass is 291 g/mol. The van der Waals surface area contributed by atoms with Crippen molar-refractivity contribution in [2.24, 2.45) is 5.73 Å². The molecule has 0 fully saturated rings. The summed E-state index contributed by atoms with van der Waals surface area (Å²) in [4.78, 5) is 11.3. The second-order valence-electron chi connectivity index (χ2n) is 3.43. The number of methoxy groups -OCH3 is 1. The molecule has 19 heavy (non-hydrogen) atoms. The van der Waals surface area contributed by atoms with Gasteiger partial charge in [0.25, 0.3) is 0 Å². The number of halogens is 3. The minimum Gasteiger partial charge on any atom is -0.466 e. The van der Waals surface area contributed by atoms with Crippen LogP contribution in [0.25, 0.3) is 6.08 Å². The van der Waals surface area contributed by atoms with Crippen molar-refractivity contribution in [3.05, 3.63) is 34.4 Å². The van der Waals surface area contributed by atoms with Gasteiger partial charge in [-0.15, -0.1) is 0 Å². The lowest BCUT2D eigenvalue weighted by atomic mass is 10.1. The molecule has 104 valence electrons. The Morgan fingerprint density at radius 3 is 2.68 bits per heavy atom. The van der Waals surface area contributed by atoms with Crippen LogP contribution in [0.1, 0.15) is 5.56 Å². The molecule has 0 radical (unpaired) electrons. The van der Waals surface area contributed by atoms with Crippen molar-refractivity contribution in [3.8, 4) is 5.75 Å². The molecule has 0 aliphatic rings. The highest BCUT2D eigenvalue weighted by Gasteiger charge is 2.10. The predicted molar refractivity (Wildman–Crippen MR) is 67.1 cm³/mol. The second-order valence-corrected chi connectivity index (χ2v) is 3.84. The Morgan fingerprint density at radius 2 is 2.21 bits per heavy atom. The average Bonchev–Trinajstić information content (AvgIpc) is 2.37. The van der Waals surface area contributed by atoms with Crippen LogP contribution in [0.2, 0.25) is 5.02 Å². The summed E-state index contributed by atoms with van der Waals surface area (Å²) < 4.78 is 32.8. The van der Waals surface area contributed by atoms with Crippen LogP contribution < -0.4 is 10.5 Å². The van der Waals surface area contributed by atoms with Crippen LogP contribution in [-0.2, 0) is 9.53 Å². The number of rotatable bonds is 5. The summed E-state index contributed by atoms with van der Waals surface area (Å²) in [5, 5.41) is 0.00953. The third kappa shape index (κ3) is 4.50. The molecule has 7 heteroatoms. The van der Waals surface area contributed by atoms with E-state index in [1.165, 1.54) is 31.4 Å². The third-order valence-electron chi connectivity index (χ3n) is 2.18. The summed E-state index contributed by atoms with van der Waals surface area (Å²) in [7, 11) is 1.23. The molecule has 1 rings (SSSR count). The molecule has 0 saturated carbocycles. The standard InChI is InChI=1S/C12H12ClF2NO3/c1-18-11(17)8(6-16)4-7-2-3-10(9(13)5-7)19-12(14)15/h2-5,12H,6,16H2,1H3/b8-4+. The van der Waals surface area contributed by atoms with Gasteiger partial charge in [0.15, 0.2) is 0 Å². The zero-order chi connectivity index (χ0) is 14.4. The number of hydrogen-bond acceptors (Lipinski definition) is 4. The summed E-state index contributed by atoms with van der Waals surface area (Å²) in [5.74, 6) is -0.701. The molecule has 1 aromatic carbocycles. The quantitative estimate of drug-likeness (QED) is 0.669. The molecule has 0 spiro atoms. The van der Waals surface area contributed by atoms with Gasteiger partial charge in [-0.25, -0.2) is 4.79 Å². The van der Waals surface area contributed by atoms with Gasteiger partial charge in [-0.05, 0) is 23.8 Å². The fourth-order valence-electron chi connectivity index (χ4n) is 1.33. The first kappa shape index (κ1) is 15.4. The van der Waals surface area contributed by atoms with Crippen molar-refractivity contribution in [1.82, 2.24) is 0 Å². The molecular weight excluding hydrogens is 280 g/mol. The lowest BCUT2D eigenvalue weighted by molar-refractivity contribution is -0.136. The molecule has 4 nitrogen and oxygen atoms in total. The van der Waals surface area contributed by atoms with E-state index in [4.69, 9.17) is 17.3 Å². The molecule has 2 N–H and O–H groups in total. The van der Waals surface area contributed by atoms with E-state index in [2.05, 4.69) is 9.47 Å². The molecule has 0 aromatic heterocycles. The van der Waals surface area contributed by atoms with Crippen LogP contribution in [0.4, 0.5) is 8.78 Å². The van der Waals surface area contributed by atoms with Crippen molar-refractivity contribution in [1.29, 1.82) is 0 Å². The van der Waals surface area contributed by atoms with Gasteiger partial charge in [0.2, 0.25) is 0 Å². The molecule has 0 bridgehead atoms. The van der Waals surface area contributed by atoms with Gasteiger partial charge < -0.3 is 15.2 Å². The van der Waals surface area contributed by atoms with Crippen LogP contribution in [0.15, 0.2) is 23.8 Å². The molecular formula is C12H12ClF2NO3. The van der Waals surface area contributed by atoms with Gasteiger partial charge in [0.05, 0.1) is 17.7 Å². The fourth-order valence-corrected chi connectivity index (χ4v) is 1.57. The largest absolute Gasteiger partial charge is 0.466 e. The SMILES string of the molecule is COC(=O)/C(=C/c1ccc(OC(F)F)c(Cl)c1)CN. The van der Waals surface area contributed by atoms with E-state index in [-0.39, 0.29) is 22.9 Å². The molecule has 0 aliphatic heterocycles. The Kier molecular flexibility index (Phi) is 5.72. The minimum atomic E-state index is -2.95. The number of alkyl halides is 2. The number of esters is 1. The van der Waals surface area contributed by atoms with E-state index in [0.717, 1.165) is 0 Å². The molecule has 0 unspecified atom stereocenters. The number of nitrogens with two attached hydrogens (primary N) is 1. The smallest absolute Gasteiger partial charge is 0.387 e. The highest BCUT2D eigenvalue weighted by molar-refractivity contribution is 6.32. The van der Waals surface area contributed by atoms with Crippen molar-refractivity contribution in [2.75, 3.05) is 13.7 Å². The van der Waals surface area contributed by atoms with Crippen molar-refractivity contribution < 1.29 is 23.0 Å². The Hall–Kier alpha value is -1.66. The van der Waals surface area contributed by atoms with Gasteiger partial charge in [0.1, 0.15) is 5.75 Å². The first-order valence-corrected chi connectivity index (χ1v) is 5.59. The molecule has 0 heterocycles. The lowest BCUT2D eigenvalue weighted by Crippen LogP contribution is -2.14. The number of hydrogen-bond donors (Lipinski definition) is 1. The maximum Gasteiger partial charge on any atom is 0.387 e. The normalized spacial score (nSPS) is 11.6. The summed E-state index contributed by atoms with van der Waals surface area (Å²) >= 11 is 5.78. The fraction of sp³-hybridized carbons (Fsp3) is 0.250. The average molecular weight is 292 g/mol.